The Morgan fingerprint density at radius 2 is 2.09 bits per heavy atom. The van der Waals surface area contributed by atoms with Crippen LogP contribution in [0, 0.1) is 0 Å². The standard InChI is InChI=1S/C14H12BrClN2O3S/c1-8(21-11-5-4-9(16)7-10(11)15)13(19)17-18-14(20)12-3-2-6-22-12/h2-8H,1H3,(H,17,19)(H,18,20). The maximum Gasteiger partial charge on any atom is 0.279 e. The Bertz CT molecular complexity index is 679. The van der Waals surface area contributed by atoms with Gasteiger partial charge in [0, 0.05) is 5.02 Å². The molecule has 0 saturated heterocycles. The summed E-state index contributed by atoms with van der Waals surface area (Å²) < 4.78 is 6.16. The number of hydrazine groups is 1. The van der Waals surface area contributed by atoms with Crippen molar-refractivity contribution in [3.05, 3.63) is 50.1 Å². The molecule has 0 saturated carbocycles. The zero-order chi connectivity index (χ0) is 16.1. The first-order valence-corrected chi connectivity index (χ1v) is 8.28. The summed E-state index contributed by atoms with van der Waals surface area (Å²) in [5, 5.41) is 2.33. The summed E-state index contributed by atoms with van der Waals surface area (Å²) in [5.41, 5.74) is 4.66. The van der Waals surface area contributed by atoms with Gasteiger partial charge in [0.25, 0.3) is 11.8 Å². The summed E-state index contributed by atoms with van der Waals surface area (Å²) in [6, 6.07) is 8.40. The second-order valence-electron chi connectivity index (χ2n) is 4.26. The minimum atomic E-state index is -0.791. The third-order valence-corrected chi connectivity index (χ3v) is 4.33. The molecule has 8 heteroatoms. The number of halogens is 2. The molecule has 2 aromatic rings. The van der Waals surface area contributed by atoms with Gasteiger partial charge in [-0.05, 0) is 52.5 Å². The van der Waals surface area contributed by atoms with Crippen LogP contribution in [0.15, 0.2) is 40.2 Å². The quantitative estimate of drug-likeness (QED) is 0.769. The third kappa shape index (κ3) is 4.46. The van der Waals surface area contributed by atoms with Crippen LogP contribution in [0.1, 0.15) is 16.6 Å². The van der Waals surface area contributed by atoms with Gasteiger partial charge in [-0.1, -0.05) is 17.7 Å². The van der Waals surface area contributed by atoms with E-state index in [9.17, 15) is 9.59 Å². The minimum absolute atomic E-state index is 0.372. The molecule has 0 radical (unpaired) electrons. The first-order valence-electron chi connectivity index (χ1n) is 6.23. The van der Waals surface area contributed by atoms with Crippen LogP contribution < -0.4 is 15.6 Å². The third-order valence-electron chi connectivity index (χ3n) is 2.61. The fourth-order valence-corrected chi connectivity index (χ4v) is 2.90. The summed E-state index contributed by atoms with van der Waals surface area (Å²) in [4.78, 5) is 24.1. The largest absolute Gasteiger partial charge is 0.480 e. The number of hydrogen-bond donors (Lipinski definition) is 2. The van der Waals surface area contributed by atoms with Crippen molar-refractivity contribution < 1.29 is 14.3 Å². The van der Waals surface area contributed by atoms with Gasteiger partial charge >= 0.3 is 0 Å². The molecule has 1 atom stereocenters. The van der Waals surface area contributed by atoms with Gasteiger partial charge in [0.1, 0.15) is 5.75 Å². The topological polar surface area (TPSA) is 67.4 Å². The van der Waals surface area contributed by atoms with Crippen LogP contribution in [-0.2, 0) is 4.79 Å². The van der Waals surface area contributed by atoms with Gasteiger partial charge in [-0.2, -0.15) is 0 Å². The van der Waals surface area contributed by atoms with E-state index in [2.05, 4.69) is 26.8 Å². The molecule has 116 valence electrons. The Hall–Kier alpha value is -1.57. The number of nitrogens with one attached hydrogen (secondary N) is 2. The van der Waals surface area contributed by atoms with E-state index in [1.54, 1.807) is 42.6 Å². The van der Waals surface area contributed by atoms with Crippen LogP contribution in [0.3, 0.4) is 0 Å². The molecule has 1 aromatic heterocycles. The summed E-state index contributed by atoms with van der Waals surface area (Å²) in [6.07, 6.45) is -0.791. The molecule has 2 N–H and O–H groups in total. The molecule has 0 aliphatic heterocycles. The van der Waals surface area contributed by atoms with Crippen LogP contribution in [0.25, 0.3) is 0 Å². The predicted octanol–water partition coefficient (Wildman–Crippen LogP) is 3.39. The Balaban J connectivity index is 1.88. The van der Waals surface area contributed by atoms with Gasteiger partial charge < -0.3 is 4.74 Å². The van der Waals surface area contributed by atoms with Crippen molar-refractivity contribution >= 4 is 50.7 Å². The second kappa shape index (κ2) is 7.62. The molecular weight excluding hydrogens is 392 g/mol. The minimum Gasteiger partial charge on any atom is -0.480 e. The normalized spacial score (nSPS) is 11.6. The summed E-state index contributed by atoms with van der Waals surface area (Å²) >= 11 is 10.4. The number of carbonyl (C=O) groups excluding carboxylic acids is 2. The number of thiophene rings is 1. The summed E-state index contributed by atoms with van der Waals surface area (Å²) in [6.45, 7) is 1.58. The van der Waals surface area contributed by atoms with E-state index in [1.807, 2.05) is 0 Å². The molecule has 2 amide bonds. The highest BCUT2D eigenvalue weighted by Crippen LogP contribution is 2.28. The Kier molecular flexibility index (Phi) is 5.82. The number of hydrogen-bond acceptors (Lipinski definition) is 4. The van der Waals surface area contributed by atoms with E-state index in [1.165, 1.54) is 11.3 Å². The van der Waals surface area contributed by atoms with Gasteiger partial charge in [0.2, 0.25) is 0 Å². The molecule has 5 nitrogen and oxygen atoms in total. The van der Waals surface area contributed by atoms with Crippen LogP contribution in [0.5, 0.6) is 5.75 Å². The maximum atomic E-state index is 11.9. The fraction of sp³-hybridized carbons (Fsp3) is 0.143. The molecular formula is C14H12BrClN2O3S. The number of rotatable bonds is 4. The molecule has 1 aromatic carbocycles. The molecule has 0 aliphatic rings. The lowest BCUT2D eigenvalue weighted by Crippen LogP contribution is -2.47. The lowest BCUT2D eigenvalue weighted by Gasteiger charge is -2.16. The highest BCUT2D eigenvalue weighted by Gasteiger charge is 2.17. The van der Waals surface area contributed by atoms with Crippen molar-refractivity contribution in [3.8, 4) is 5.75 Å². The second-order valence-corrected chi connectivity index (χ2v) is 6.49. The molecule has 0 bridgehead atoms. The van der Waals surface area contributed by atoms with Gasteiger partial charge in [-0.25, -0.2) is 0 Å². The first kappa shape index (κ1) is 16.8. The Labute approximate surface area is 144 Å². The van der Waals surface area contributed by atoms with Crippen LogP contribution >= 0.6 is 38.9 Å². The highest BCUT2D eigenvalue weighted by atomic mass is 79.9. The van der Waals surface area contributed by atoms with Crippen LogP contribution in [0.2, 0.25) is 5.02 Å². The molecule has 2 rings (SSSR count). The number of benzene rings is 1. The molecule has 22 heavy (non-hydrogen) atoms. The van der Waals surface area contributed by atoms with Crippen molar-refractivity contribution in [2.75, 3.05) is 0 Å². The van der Waals surface area contributed by atoms with Crippen molar-refractivity contribution in [3.63, 3.8) is 0 Å². The van der Waals surface area contributed by atoms with Gasteiger partial charge in [0.05, 0.1) is 9.35 Å². The monoisotopic (exact) mass is 402 g/mol. The SMILES string of the molecule is CC(Oc1ccc(Cl)cc1Br)C(=O)NNC(=O)c1cccs1. The molecule has 0 spiro atoms. The predicted molar refractivity (Wildman–Crippen MR) is 89.2 cm³/mol. The zero-order valence-corrected chi connectivity index (χ0v) is 14.6. The lowest BCUT2D eigenvalue weighted by atomic mass is 10.3. The van der Waals surface area contributed by atoms with Gasteiger partial charge in [-0.3, -0.25) is 20.4 Å². The average molecular weight is 404 g/mol. The zero-order valence-electron chi connectivity index (χ0n) is 11.4. The molecule has 1 unspecified atom stereocenters. The lowest BCUT2D eigenvalue weighted by molar-refractivity contribution is -0.128. The highest BCUT2D eigenvalue weighted by molar-refractivity contribution is 9.10. The van der Waals surface area contributed by atoms with E-state index in [4.69, 9.17) is 16.3 Å². The number of amides is 2. The van der Waals surface area contributed by atoms with Gasteiger partial charge in [-0.15, -0.1) is 11.3 Å². The average Bonchev–Trinajstić information content (AvgIpc) is 3.01. The summed E-state index contributed by atoms with van der Waals surface area (Å²) in [7, 11) is 0. The van der Waals surface area contributed by atoms with Crippen LogP contribution in [-0.4, -0.2) is 17.9 Å². The maximum absolute atomic E-state index is 11.9. The molecule has 0 aliphatic carbocycles. The fourth-order valence-electron chi connectivity index (χ4n) is 1.50. The number of carbonyl (C=O) groups is 2. The van der Waals surface area contributed by atoms with E-state index in [0.29, 0.717) is 20.1 Å². The van der Waals surface area contributed by atoms with E-state index >= 15 is 0 Å². The Morgan fingerprint density at radius 3 is 2.73 bits per heavy atom. The van der Waals surface area contributed by atoms with Gasteiger partial charge in [0.15, 0.2) is 6.10 Å². The molecule has 0 fully saturated rings. The number of ether oxygens (including phenoxy) is 1. The van der Waals surface area contributed by atoms with E-state index < -0.39 is 12.0 Å². The summed E-state index contributed by atoms with van der Waals surface area (Å²) in [5.74, 6) is -0.355. The van der Waals surface area contributed by atoms with Crippen LogP contribution in [0.4, 0.5) is 0 Å². The van der Waals surface area contributed by atoms with E-state index in [-0.39, 0.29) is 5.91 Å². The smallest absolute Gasteiger partial charge is 0.279 e. The van der Waals surface area contributed by atoms with Crippen molar-refractivity contribution in [1.82, 2.24) is 10.9 Å². The van der Waals surface area contributed by atoms with Crippen molar-refractivity contribution in [2.24, 2.45) is 0 Å². The molecule has 1 heterocycles. The van der Waals surface area contributed by atoms with Crippen molar-refractivity contribution in [1.29, 1.82) is 0 Å². The Morgan fingerprint density at radius 1 is 1.32 bits per heavy atom. The first-order chi connectivity index (χ1) is 10.5. The van der Waals surface area contributed by atoms with Crippen molar-refractivity contribution in [2.45, 2.75) is 13.0 Å². The van der Waals surface area contributed by atoms with E-state index in [0.717, 1.165) is 0 Å².